The summed E-state index contributed by atoms with van der Waals surface area (Å²) in [6, 6.07) is 6.09. The van der Waals surface area contributed by atoms with Crippen LogP contribution >= 0.6 is 0 Å². The first kappa shape index (κ1) is 27.5. The number of rotatable bonds is 4. The van der Waals surface area contributed by atoms with Gasteiger partial charge in [0.05, 0.1) is 10.6 Å². The largest absolute Gasteiger partial charge is 0.456 e. The van der Waals surface area contributed by atoms with Gasteiger partial charge in [-0.25, -0.2) is 8.42 Å². The maximum atomic E-state index is 15.0. The summed E-state index contributed by atoms with van der Waals surface area (Å²) in [6.07, 6.45) is -3.27. The van der Waals surface area contributed by atoms with Crippen LogP contribution in [0.2, 0.25) is 0 Å². The predicted molar refractivity (Wildman–Crippen MR) is 130 cm³/mol. The van der Waals surface area contributed by atoms with Gasteiger partial charge in [0.2, 0.25) is 0 Å². The number of carbonyl (C=O) groups excluding carboxylic acids is 1. The van der Waals surface area contributed by atoms with E-state index in [1.54, 1.807) is 18.2 Å². The Morgan fingerprint density at radius 3 is 2.29 bits per heavy atom. The minimum Gasteiger partial charge on any atom is -0.383 e. The number of halogens is 5. The molecule has 1 aromatic carbocycles. The first-order valence-corrected chi connectivity index (χ1v) is 14.7. The van der Waals surface area contributed by atoms with E-state index in [2.05, 4.69) is 0 Å². The Balaban J connectivity index is 1.68. The molecule has 2 fully saturated rings. The highest BCUT2D eigenvalue weighted by atomic mass is 32.2. The number of carbonyl (C=O) groups is 1. The Morgan fingerprint density at radius 2 is 1.68 bits per heavy atom. The normalized spacial score (nSPS) is 33.9. The summed E-state index contributed by atoms with van der Waals surface area (Å²) in [7, 11) is -3.50. The van der Waals surface area contributed by atoms with Gasteiger partial charge in [0.25, 0.3) is 0 Å². The van der Waals surface area contributed by atoms with Crippen LogP contribution in [-0.2, 0) is 14.6 Å². The van der Waals surface area contributed by atoms with Crippen molar-refractivity contribution < 1.29 is 40.3 Å². The van der Waals surface area contributed by atoms with Gasteiger partial charge in [0, 0.05) is 17.8 Å². The molecule has 4 aliphatic rings. The summed E-state index contributed by atoms with van der Waals surface area (Å²) in [5.41, 5.74) is -1.61. The average molecular weight is 559 g/mol. The van der Waals surface area contributed by atoms with Crippen molar-refractivity contribution in [1.29, 1.82) is 0 Å². The van der Waals surface area contributed by atoms with Gasteiger partial charge in [0.1, 0.15) is 5.60 Å². The predicted octanol–water partition coefficient (Wildman–Crippen LogP) is 6.31. The highest BCUT2D eigenvalue weighted by Gasteiger charge is 2.79. The molecule has 5 rings (SSSR count). The van der Waals surface area contributed by atoms with Crippen molar-refractivity contribution in [3.63, 3.8) is 0 Å². The van der Waals surface area contributed by atoms with E-state index in [1.165, 1.54) is 26.0 Å². The van der Waals surface area contributed by atoms with E-state index >= 15 is 8.78 Å². The van der Waals surface area contributed by atoms with Crippen LogP contribution in [0.3, 0.4) is 0 Å². The van der Waals surface area contributed by atoms with Crippen LogP contribution in [0.4, 0.5) is 22.0 Å². The molecule has 0 radical (unpaired) electrons. The Labute approximate surface area is 218 Å². The molecule has 4 aliphatic carbocycles. The Morgan fingerprint density at radius 1 is 1.03 bits per heavy atom. The van der Waals surface area contributed by atoms with Crippen molar-refractivity contribution in [1.82, 2.24) is 0 Å². The van der Waals surface area contributed by atoms with E-state index in [9.17, 15) is 31.5 Å². The standard InChI is InChI=1S/C28H31F5O4S/c1-3-38(36,37)19-8-4-16(5-9-19)22-15-25(2)23(12-13-26(25,35)27(29,30)28(31,32)33)21-10-6-17-14-18(34)7-11-20(17)24(21)22/h4-5,8-9,14,21-23,35H,3,6-7,10-13,15H2,1-2H3/t21?,22-,23?,25+,26+/m1/s1. The fourth-order valence-corrected chi connectivity index (χ4v) is 8.67. The Bertz CT molecular complexity index is 1330. The van der Waals surface area contributed by atoms with Gasteiger partial charge in [-0.2, -0.15) is 22.0 Å². The Kier molecular flexibility index (Phi) is 6.31. The van der Waals surface area contributed by atoms with Crippen LogP contribution in [0.15, 0.2) is 52.0 Å². The zero-order valence-electron chi connectivity index (χ0n) is 21.2. The van der Waals surface area contributed by atoms with Crippen LogP contribution in [0, 0.1) is 17.3 Å². The van der Waals surface area contributed by atoms with E-state index in [-0.39, 0.29) is 35.2 Å². The molecule has 38 heavy (non-hydrogen) atoms. The Hall–Kier alpha value is -2.07. The molecule has 0 amide bonds. The number of hydrogen-bond donors (Lipinski definition) is 1. The summed E-state index contributed by atoms with van der Waals surface area (Å²) in [5, 5.41) is 11.3. The second-order valence-electron chi connectivity index (χ2n) is 11.4. The lowest BCUT2D eigenvalue weighted by Crippen LogP contribution is -2.65. The molecule has 2 unspecified atom stereocenters. The molecule has 0 aliphatic heterocycles. The van der Waals surface area contributed by atoms with E-state index in [4.69, 9.17) is 0 Å². The summed E-state index contributed by atoms with van der Waals surface area (Å²) in [5.74, 6) is -6.90. The second-order valence-corrected chi connectivity index (χ2v) is 13.7. The van der Waals surface area contributed by atoms with E-state index < -0.39 is 51.2 Å². The van der Waals surface area contributed by atoms with Gasteiger partial charge in [-0.15, -0.1) is 0 Å². The number of hydrogen-bond acceptors (Lipinski definition) is 4. The van der Waals surface area contributed by atoms with Gasteiger partial charge in [0.15, 0.2) is 15.6 Å². The smallest absolute Gasteiger partial charge is 0.383 e. The highest BCUT2D eigenvalue weighted by Crippen LogP contribution is 2.70. The van der Waals surface area contributed by atoms with Crippen LogP contribution < -0.4 is 0 Å². The van der Waals surface area contributed by atoms with Crippen molar-refractivity contribution in [3.05, 3.63) is 52.6 Å². The molecule has 4 nitrogen and oxygen atoms in total. The summed E-state index contributed by atoms with van der Waals surface area (Å²) >= 11 is 0. The molecule has 10 heteroatoms. The molecular weight excluding hydrogens is 527 g/mol. The maximum absolute atomic E-state index is 15.0. The molecule has 0 bridgehead atoms. The lowest BCUT2D eigenvalue weighted by atomic mass is 9.50. The molecule has 5 atom stereocenters. The zero-order chi connectivity index (χ0) is 27.9. The zero-order valence-corrected chi connectivity index (χ0v) is 22.1. The van der Waals surface area contributed by atoms with Gasteiger partial charge in [-0.05, 0) is 85.3 Å². The lowest BCUT2D eigenvalue weighted by Gasteiger charge is -2.56. The minimum absolute atomic E-state index is 0.00850. The first-order valence-electron chi connectivity index (χ1n) is 13.0. The third-order valence-corrected chi connectivity index (χ3v) is 11.5. The summed E-state index contributed by atoms with van der Waals surface area (Å²) in [4.78, 5) is 12.2. The molecule has 1 N–H and O–H groups in total. The monoisotopic (exact) mass is 558 g/mol. The van der Waals surface area contributed by atoms with E-state index in [1.807, 2.05) is 0 Å². The van der Waals surface area contributed by atoms with Crippen molar-refractivity contribution in [2.45, 2.75) is 87.3 Å². The maximum Gasteiger partial charge on any atom is 0.456 e. The third kappa shape index (κ3) is 3.76. The van der Waals surface area contributed by atoms with Crippen molar-refractivity contribution in [2.24, 2.45) is 17.3 Å². The highest BCUT2D eigenvalue weighted by molar-refractivity contribution is 7.91. The number of allylic oxidation sites excluding steroid dienone is 4. The second kappa shape index (κ2) is 8.71. The quantitative estimate of drug-likeness (QED) is 0.440. The number of fused-ring (bicyclic) bond motifs is 4. The van der Waals surface area contributed by atoms with Crippen LogP contribution in [0.1, 0.15) is 70.3 Å². The van der Waals surface area contributed by atoms with E-state index in [0.717, 1.165) is 16.7 Å². The first-order chi connectivity index (χ1) is 17.6. The number of aliphatic hydroxyl groups is 1. The molecule has 0 spiro atoms. The summed E-state index contributed by atoms with van der Waals surface area (Å²) < 4.78 is 95.7. The van der Waals surface area contributed by atoms with Crippen LogP contribution in [-0.4, -0.2) is 42.8 Å². The van der Waals surface area contributed by atoms with Crippen molar-refractivity contribution in [3.8, 4) is 0 Å². The fourth-order valence-electron chi connectivity index (χ4n) is 7.79. The van der Waals surface area contributed by atoms with Crippen LogP contribution in [0.5, 0.6) is 0 Å². The van der Waals surface area contributed by atoms with Gasteiger partial charge in [-0.1, -0.05) is 31.6 Å². The minimum atomic E-state index is -5.91. The molecule has 0 heterocycles. The molecule has 0 saturated heterocycles. The summed E-state index contributed by atoms with van der Waals surface area (Å²) in [6.45, 7) is 2.88. The number of alkyl halides is 5. The van der Waals surface area contributed by atoms with Crippen molar-refractivity contribution >= 4 is 15.6 Å². The topological polar surface area (TPSA) is 71.4 Å². The van der Waals surface area contributed by atoms with Crippen LogP contribution in [0.25, 0.3) is 0 Å². The van der Waals surface area contributed by atoms with Gasteiger partial charge < -0.3 is 5.11 Å². The molecular formula is C28H31F5O4S. The number of benzene rings is 1. The molecule has 208 valence electrons. The molecule has 1 aromatic rings. The molecule has 2 saturated carbocycles. The van der Waals surface area contributed by atoms with Crippen molar-refractivity contribution in [2.75, 3.05) is 5.75 Å². The van der Waals surface area contributed by atoms with Gasteiger partial charge >= 0.3 is 12.1 Å². The molecule has 0 aromatic heterocycles. The lowest BCUT2D eigenvalue weighted by molar-refractivity contribution is -0.362. The average Bonchev–Trinajstić information content (AvgIpc) is 3.14. The number of ketones is 1. The van der Waals surface area contributed by atoms with E-state index in [0.29, 0.717) is 31.2 Å². The fraction of sp³-hybridized carbons (Fsp3) is 0.607. The number of sulfone groups is 1. The third-order valence-electron chi connectivity index (χ3n) is 9.78. The van der Waals surface area contributed by atoms with Gasteiger partial charge in [-0.3, -0.25) is 4.79 Å². The SMILES string of the molecule is CCS(=O)(=O)c1ccc([C@H]2C[C@@]3(C)C(CC[C@@]3(O)C(F)(F)C(F)(F)F)C3CCC4=CC(=O)CCC4=C32)cc1.